The fraction of sp³-hybridized carbons (Fsp3) is 0.375. The minimum Gasteiger partial charge on any atom is -0.446 e. The lowest BCUT2D eigenvalue weighted by Gasteiger charge is -2.36. The molecule has 0 saturated carbocycles. The van der Waals surface area contributed by atoms with E-state index >= 15 is 0 Å². The predicted octanol–water partition coefficient (Wildman–Crippen LogP) is 3.74. The lowest BCUT2D eigenvalue weighted by atomic mass is 9.99. The third-order valence-corrected chi connectivity index (χ3v) is 5.22. The molecule has 114 valence electrons. The van der Waals surface area contributed by atoms with Crippen LogP contribution in [0.25, 0.3) is 5.00 Å². The number of hydrogen-bond acceptors (Lipinski definition) is 4. The highest BCUT2D eigenvalue weighted by Gasteiger charge is 2.44. The highest BCUT2D eigenvalue weighted by molar-refractivity contribution is 7.13. The first-order valence-electron chi connectivity index (χ1n) is 7.50. The van der Waals surface area contributed by atoms with Crippen LogP contribution < -0.4 is 0 Å². The summed E-state index contributed by atoms with van der Waals surface area (Å²) in [4.78, 5) is 26.5. The van der Waals surface area contributed by atoms with Gasteiger partial charge >= 0.3 is 6.09 Å². The molecule has 0 bridgehead atoms. The van der Waals surface area contributed by atoms with Gasteiger partial charge in [-0.2, -0.15) is 0 Å². The molecular weight excluding hydrogens is 300 g/mol. The maximum Gasteiger partial charge on any atom is 0.417 e. The van der Waals surface area contributed by atoms with Gasteiger partial charge in [0, 0.05) is 18.3 Å². The molecule has 0 aliphatic carbocycles. The Balaban J connectivity index is 1.85. The Morgan fingerprint density at radius 1 is 1.36 bits per heavy atom. The Morgan fingerprint density at radius 3 is 3.05 bits per heavy atom. The molecule has 2 amide bonds. The minimum absolute atomic E-state index is 0.119. The number of carbonyl (C=O) groups is 2. The number of carbonyl (C=O) groups excluding carboxylic acids is 2. The van der Waals surface area contributed by atoms with E-state index in [0.717, 1.165) is 23.5 Å². The third kappa shape index (κ3) is 1.83. The topological polar surface area (TPSA) is 51.5 Å². The zero-order chi connectivity index (χ0) is 15.3. The molecule has 4 rings (SSSR count). The van der Waals surface area contributed by atoms with Gasteiger partial charge in [-0.1, -0.05) is 13.3 Å². The Hall–Kier alpha value is -2.08. The summed E-state index contributed by atoms with van der Waals surface area (Å²) in [5.41, 5.74) is 1.54. The zero-order valence-electron chi connectivity index (χ0n) is 12.2. The molecular formula is C16H16N2O3S. The largest absolute Gasteiger partial charge is 0.446 e. The molecule has 0 radical (unpaired) electrons. The van der Waals surface area contributed by atoms with Gasteiger partial charge in [-0.05, 0) is 30.0 Å². The Kier molecular flexibility index (Phi) is 3.07. The quantitative estimate of drug-likeness (QED) is 0.848. The predicted molar refractivity (Wildman–Crippen MR) is 82.4 cm³/mol. The summed E-state index contributed by atoms with van der Waals surface area (Å²) in [6, 6.07) is 5.47. The highest BCUT2D eigenvalue weighted by atomic mass is 32.1. The van der Waals surface area contributed by atoms with Crippen molar-refractivity contribution in [2.24, 2.45) is 0 Å². The van der Waals surface area contributed by atoms with Gasteiger partial charge in [-0.15, -0.1) is 11.3 Å². The van der Waals surface area contributed by atoms with Crippen molar-refractivity contribution in [3.63, 3.8) is 0 Å². The summed E-state index contributed by atoms with van der Waals surface area (Å²) in [6.07, 6.45) is 3.75. The van der Waals surface area contributed by atoms with Crippen molar-refractivity contribution in [2.45, 2.75) is 38.3 Å². The third-order valence-electron chi connectivity index (χ3n) is 4.31. The van der Waals surface area contributed by atoms with E-state index in [9.17, 15) is 9.59 Å². The number of ether oxygens (including phenoxy) is 1. The minimum atomic E-state index is -0.522. The molecule has 2 aliphatic heterocycles. The number of fused-ring (bicyclic) bond motifs is 5. The van der Waals surface area contributed by atoms with Gasteiger partial charge in [0.25, 0.3) is 5.91 Å². The number of cyclic esters (lactones) is 1. The van der Waals surface area contributed by atoms with Gasteiger partial charge in [0.2, 0.25) is 0 Å². The van der Waals surface area contributed by atoms with E-state index in [1.807, 2.05) is 28.3 Å². The van der Waals surface area contributed by atoms with Crippen molar-refractivity contribution < 1.29 is 14.3 Å². The SMILES string of the molecule is CCCC1CC2c3cccn3-c3sccc3C(=O)N2C(=O)O1. The van der Waals surface area contributed by atoms with Crippen molar-refractivity contribution in [3.05, 3.63) is 41.0 Å². The van der Waals surface area contributed by atoms with Gasteiger partial charge in [0.1, 0.15) is 11.1 Å². The number of thiophene rings is 1. The van der Waals surface area contributed by atoms with Crippen LogP contribution in [0.4, 0.5) is 4.79 Å². The molecule has 6 heteroatoms. The second-order valence-corrected chi connectivity index (χ2v) is 6.56. The molecule has 0 N–H and O–H groups in total. The van der Waals surface area contributed by atoms with Gasteiger partial charge in [0.05, 0.1) is 11.6 Å². The van der Waals surface area contributed by atoms with Gasteiger partial charge < -0.3 is 9.30 Å². The molecule has 2 atom stereocenters. The maximum absolute atomic E-state index is 12.8. The summed E-state index contributed by atoms with van der Waals surface area (Å²) in [6.45, 7) is 2.07. The second kappa shape index (κ2) is 4.98. The van der Waals surface area contributed by atoms with E-state index in [-0.39, 0.29) is 18.1 Å². The number of rotatable bonds is 2. The van der Waals surface area contributed by atoms with Crippen LogP contribution in [0.3, 0.4) is 0 Å². The maximum atomic E-state index is 12.8. The average molecular weight is 316 g/mol. The molecule has 4 heterocycles. The van der Waals surface area contributed by atoms with Crippen molar-refractivity contribution in [1.29, 1.82) is 0 Å². The van der Waals surface area contributed by atoms with Crippen LogP contribution in [0.2, 0.25) is 0 Å². The molecule has 1 fully saturated rings. The summed E-state index contributed by atoms with van der Waals surface area (Å²) in [5, 5.41) is 2.75. The first kappa shape index (κ1) is 13.6. The summed E-state index contributed by atoms with van der Waals surface area (Å²) in [7, 11) is 0. The molecule has 22 heavy (non-hydrogen) atoms. The standard InChI is InChI=1S/C16H16N2O3S/c1-2-4-10-9-13-12-5-3-7-17(12)15-11(6-8-22-15)14(19)18(13)16(20)21-10/h3,5-8,10,13H,2,4,9H2,1H3. The fourth-order valence-corrected chi connectivity index (χ4v) is 4.23. The molecule has 2 aliphatic rings. The van der Waals surface area contributed by atoms with E-state index in [4.69, 9.17) is 4.74 Å². The summed E-state index contributed by atoms with van der Waals surface area (Å²) >= 11 is 1.51. The van der Waals surface area contributed by atoms with Gasteiger partial charge in [-0.25, -0.2) is 9.69 Å². The Morgan fingerprint density at radius 2 is 2.23 bits per heavy atom. The molecule has 5 nitrogen and oxygen atoms in total. The van der Waals surface area contributed by atoms with E-state index in [1.54, 1.807) is 6.07 Å². The summed E-state index contributed by atoms with van der Waals surface area (Å²) < 4.78 is 7.50. The van der Waals surface area contributed by atoms with Crippen LogP contribution in [0.5, 0.6) is 0 Å². The van der Waals surface area contributed by atoms with Crippen LogP contribution in [-0.4, -0.2) is 27.6 Å². The number of hydrogen-bond donors (Lipinski definition) is 0. The van der Waals surface area contributed by atoms with Crippen LogP contribution >= 0.6 is 11.3 Å². The molecule has 0 aromatic carbocycles. The number of amides is 2. The van der Waals surface area contributed by atoms with E-state index in [1.165, 1.54) is 16.2 Å². The smallest absolute Gasteiger partial charge is 0.417 e. The Bertz CT molecular complexity index is 748. The van der Waals surface area contributed by atoms with Crippen LogP contribution in [0.15, 0.2) is 29.8 Å². The van der Waals surface area contributed by atoms with Crippen LogP contribution in [-0.2, 0) is 4.74 Å². The van der Waals surface area contributed by atoms with Crippen LogP contribution in [0, 0.1) is 0 Å². The van der Waals surface area contributed by atoms with E-state index < -0.39 is 6.09 Å². The van der Waals surface area contributed by atoms with Crippen molar-refractivity contribution in [3.8, 4) is 5.00 Å². The monoisotopic (exact) mass is 316 g/mol. The first-order valence-corrected chi connectivity index (χ1v) is 8.38. The first-order chi connectivity index (χ1) is 10.7. The molecule has 2 unspecified atom stereocenters. The zero-order valence-corrected chi connectivity index (χ0v) is 13.0. The lowest BCUT2D eigenvalue weighted by Crippen LogP contribution is -2.47. The number of aromatic nitrogens is 1. The fourth-order valence-electron chi connectivity index (χ4n) is 3.34. The highest BCUT2D eigenvalue weighted by Crippen LogP contribution is 2.40. The molecule has 2 aromatic heterocycles. The van der Waals surface area contributed by atoms with Gasteiger partial charge in [-0.3, -0.25) is 4.79 Å². The lowest BCUT2D eigenvalue weighted by molar-refractivity contribution is -0.00150. The van der Waals surface area contributed by atoms with Crippen molar-refractivity contribution in [1.82, 2.24) is 9.47 Å². The summed E-state index contributed by atoms with van der Waals surface area (Å²) in [5.74, 6) is -0.259. The molecule has 2 aromatic rings. The van der Waals surface area contributed by atoms with Gasteiger partial charge in [0.15, 0.2) is 0 Å². The molecule has 0 spiro atoms. The normalized spacial score (nSPS) is 23.4. The van der Waals surface area contributed by atoms with E-state index in [2.05, 4.69) is 6.92 Å². The van der Waals surface area contributed by atoms with E-state index in [0.29, 0.717) is 12.0 Å². The van der Waals surface area contributed by atoms with Crippen LogP contribution in [0.1, 0.15) is 48.3 Å². The second-order valence-electron chi connectivity index (χ2n) is 5.66. The van der Waals surface area contributed by atoms with Crippen molar-refractivity contribution in [2.75, 3.05) is 0 Å². The Labute approximate surface area is 132 Å². The number of nitrogens with zero attached hydrogens (tertiary/aromatic N) is 2. The molecule has 1 saturated heterocycles. The average Bonchev–Trinajstić information content (AvgIpc) is 3.13. The number of imide groups is 1. The van der Waals surface area contributed by atoms with Crippen molar-refractivity contribution >= 4 is 23.3 Å².